The Morgan fingerprint density at radius 3 is 0.550 bits per heavy atom. The van der Waals surface area contributed by atoms with Gasteiger partial charge in [0.05, 0.1) is 0 Å². The minimum Gasteiger partial charge on any atom is -0.542 e. The van der Waals surface area contributed by atoms with Crippen molar-refractivity contribution in [2.24, 2.45) is 0 Å². The third kappa shape index (κ3) is 2.35. The first-order chi connectivity index (χ1) is 8.91. The lowest BCUT2D eigenvalue weighted by Crippen LogP contribution is -2.91. The highest BCUT2D eigenvalue weighted by molar-refractivity contribution is 8.14. The highest BCUT2D eigenvalue weighted by Crippen LogP contribution is 2.18. The van der Waals surface area contributed by atoms with E-state index in [-0.39, 0.29) is 0 Å². The van der Waals surface area contributed by atoms with Gasteiger partial charge >= 0.3 is 63.0 Å². The van der Waals surface area contributed by atoms with E-state index < -0.39 is 63.0 Å². The van der Waals surface area contributed by atoms with Crippen molar-refractivity contribution in [3.05, 3.63) is 0 Å². The van der Waals surface area contributed by atoms with Crippen molar-refractivity contribution in [3.63, 3.8) is 0 Å². The van der Waals surface area contributed by atoms with Gasteiger partial charge in [0.1, 0.15) is 0 Å². The first-order valence-electron chi connectivity index (χ1n) is 4.32. The molecule has 0 unspecified atom stereocenters. The second-order valence-electron chi connectivity index (χ2n) is 3.33. The van der Waals surface area contributed by atoms with Gasteiger partial charge < -0.3 is 55.5 Å². The molecular formula is H6O12Si8. The Hall–Kier alpha value is -0.665. The lowest BCUT2D eigenvalue weighted by molar-refractivity contribution is 0.439. The van der Waals surface area contributed by atoms with Crippen LogP contribution >= 0.6 is 0 Å². The number of hydrogen-bond acceptors (Lipinski definition) is 6. The molecule has 0 radical (unpaired) electrons. The lowest BCUT2D eigenvalue weighted by atomic mass is 15.9. The van der Waals surface area contributed by atoms with Crippen LogP contribution in [0.25, 0.3) is 0 Å². The van der Waals surface area contributed by atoms with Crippen LogP contribution in [-0.4, -0.2) is 91.7 Å². The number of rotatable bonds is 7. The van der Waals surface area contributed by atoms with Crippen molar-refractivity contribution in [2.75, 3.05) is 0 Å². The minimum absolute atomic E-state index is 4.51. The van der Waals surface area contributed by atoms with Crippen molar-refractivity contribution < 1.29 is 55.5 Å². The zero-order chi connectivity index (χ0) is 16.5. The molecule has 0 bridgehead atoms. The quantitative estimate of drug-likeness (QED) is 0.210. The molecule has 0 spiro atoms. The first kappa shape index (κ1) is 19.3. The molecule has 0 aliphatic heterocycles. The highest BCUT2D eigenvalue weighted by Gasteiger charge is 2.91. The fraction of sp³-hybridized carbons (Fsp3) is 0. The van der Waals surface area contributed by atoms with Crippen LogP contribution in [0.1, 0.15) is 0 Å². The van der Waals surface area contributed by atoms with Crippen molar-refractivity contribution in [2.45, 2.75) is 0 Å². The average Bonchev–Trinajstić information content (AvgIpc) is 2.21. The van der Waals surface area contributed by atoms with Gasteiger partial charge in [-0.1, -0.05) is 0 Å². The molecule has 0 aromatic heterocycles. The summed E-state index contributed by atoms with van der Waals surface area (Å²) in [4.78, 5) is 54.9. The summed E-state index contributed by atoms with van der Waals surface area (Å²) in [6.07, 6.45) is -11.2. The van der Waals surface area contributed by atoms with E-state index in [0.29, 0.717) is 0 Å². The molecule has 0 aromatic rings. The molecule has 0 fully saturated rings. The van der Waals surface area contributed by atoms with E-state index in [1.54, 1.807) is 0 Å². The van der Waals surface area contributed by atoms with Gasteiger partial charge in [-0.2, -0.15) is 0 Å². The molecule has 0 aromatic carbocycles. The standard InChI is InChI=1S/H6O12Si8/c1-13(2)19(14(3)4,15(5)6)20(16(7)8,17(9)10)18(11)12/h1,3,5,7,9,11H. The molecule has 20 heteroatoms. The summed E-state index contributed by atoms with van der Waals surface area (Å²) in [6, 6.07) is 0. The molecular weight excluding hydrogens is 417 g/mol. The van der Waals surface area contributed by atoms with Crippen LogP contribution in [0, 0.1) is 0 Å². The second kappa shape index (κ2) is 6.40. The van der Waals surface area contributed by atoms with Gasteiger partial charge in [0.2, 0.25) is 0 Å². The monoisotopic (exact) mass is 422 g/mol. The smallest absolute Gasteiger partial charge is 0.483 e. The summed E-state index contributed by atoms with van der Waals surface area (Å²) >= 11 is 0. The Bertz CT molecular complexity index is 407. The van der Waals surface area contributed by atoms with Crippen molar-refractivity contribution in [3.8, 4) is 0 Å². The van der Waals surface area contributed by atoms with Crippen LogP contribution in [0.2, 0.25) is 0 Å². The Kier molecular flexibility index (Phi) is 6.19. The third-order valence-corrected chi connectivity index (χ3v) is 97.5. The van der Waals surface area contributed by atoms with Gasteiger partial charge in [0, 0.05) is 0 Å². The van der Waals surface area contributed by atoms with Crippen molar-refractivity contribution >= 4 is 63.0 Å². The van der Waals surface area contributed by atoms with Crippen LogP contribution in [0.3, 0.4) is 0 Å². The normalized spacial score (nSPS) is 11.4. The van der Waals surface area contributed by atoms with E-state index in [0.717, 1.165) is 0 Å². The highest BCUT2D eigenvalue weighted by atomic mass is 30.4. The maximum Gasteiger partial charge on any atom is 0.483 e. The molecule has 0 heterocycles. The van der Waals surface area contributed by atoms with E-state index >= 15 is 0 Å². The molecule has 0 aliphatic rings. The Morgan fingerprint density at radius 2 is 0.500 bits per heavy atom. The van der Waals surface area contributed by atoms with Crippen molar-refractivity contribution in [1.29, 1.82) is 0 Å². The molecule has 0 aliphatic carbocycles. The third-order valence-electron chi connectivity index (χ3n) is 2.49. The molecule has 0 rings (SSSR count). The topological polar surface area (TPSA) is 224 Å². The van der Waals surface area contributed by atoms with E-state index in [2.05, 4.69) is 0 Å². The van der Waals surface area contributed by atoms with E-state index in [1.165, 1.54) is 0 Å². The molecule has 0 amide bonds. The zero-order valence-electron chi connectivity index (χ0n) is 9.13. The predicted octanol–water partition coefficient (Wildman–Crippen LogP) is -7.10. The predicted molar refractivity (Wildman–Crippen MR) is 63.5 cm³/mol. The van der Waals surface area contributed by atoms with E-state index in [1.807, 2.05) is 0 Å². The maximum atomic E-state index is 11.4. The second-order valence-corrected chi connectivity index (χ2v) is 53.7. The molecule has 12 nitrogen and oxygen atoms in total. The van der Waals surface area contributed by atoms with Gasteiger partial charge in [-0.05, 0) is 0 Å². The summed E-state index contributed by atoms with van der Waals surface area (Å²) in [5, 5.41) is 0. The largest absolute Gasteiger partial charge is 0.542 e. The van der Waals surface area contributed by atoms with Gasteiger partial charge in [0.15, 0.2) is 0 Å². The van der Waals surface area contributed by atoms with E-state index in [4.69, 9.17) is 28.8 Å². The first-order valence-corrected chi connectivity index (χ1v) is 23.4. The molecule has 0 atom stereocenters. The van der Waals surface area contributed by atoms with Crippen LogP contribution in [0.4, 0.5) is 0 Å². The van der Waals surface area contributed by atoms with Crippen molar-refractivity contribution in [1.82, 2.24) is 0 Å². The Morgan fingerprint density at radius 1 is 0.400 bits per heavy atom. The molecule has 110 valence electrons. The average molecular weight is 423 g/mol. The molecule has 6 N–H and O–H groups in total. The summed E-state index contributed by atoms with van der Waals surface area (Å²) in [5.41, 5.74) is 0. The fourth-order valence-corrected chi connectivity index (χ4v) is 92.8. The molecule has 20 heavy (non-hydrogen) atoms. The lowest BCUT2D eigenvalue weighted by Gasteiger charge is -2.23. The van der Waals surface area contributed by atoms with Crippen LogP contribution in [-0.2, 0) is 26.8 Å². The molecule has 0 saturated heterocycles. The van der Waals surface area contributed by atoms with Gasteiger partial charge in [0.25, 0.3) is 0 Å². The fourth-order valence-electron chi connectivity index (χ4n) is 1.51. The summed E-state index contributed by atoms with van der Waals surface area (Å²) in [6.45, 7) is 0. The Balaban J connectivity index is 7.12. The minimum atomic E-state index is -5.60. The zero-order valence-corrected chi connectivity index (χ0v) is 17.1. The van der Waals surface area contributed by atoms with Crippen LogP contribution in [0.15, 0.2) is 0 Å². The van der Waals surface area contributed by atoms with Gasteiger partial charge in [-0.25, -0.2) is 0 Å². The van der Waals surface area contributed by atoms with Crippen LogP contribution < -0.4 is 0 Å². The summed E-state index contributed by atoms with van der Waals surface area (Å²) < 4.78 is 68.3. The Labute approximate surface area is 118 Å². The summed E-state index contributed by atoms with van der Waals surface area (Å²) in [7, 11) is -27.1. The SMILES string of the molecule is O=[Si](O)[Si]([Si](=O)O)([Si](=O)O)[Si]([Si](=O)O)([Si](=O)O)[Si](=O)O. The number of hydrogen-bond donors (Lipinski definition) is 6. The van der Waals surface area contributed by atoms with Crippen LogP contribution in [0.5, 0.6) is 0 Å². The van der Waals surface area contributed by atoms with Gasteiger partial charge in [-0.3, -0.25) is 0 Å². The summed E-state index contributed by atoms with van der Waals surface area (Å²) in [5.74, 6) is 0. The van der Waals surface area contributed by atoms with Gasteiger partial charge in [-0.15, -0.1) is 0 Å². The maximum absolute atomic E-state index is 11.4. The van der Waals surface area contributed by atoms with E-state index in [9.17, 15) is 26.8 Å². The molecule has 0 saturated carbocycles.